The van der Waals surface area contributed by atoms with Crippen molar-refractivity contribution in [2.75, 3.05) is 6.67 Å². The van der Waals surface area contributed by atoms with E-state index in [1.54, 1.807) is 0 Å². The van der Waals surface area contributed by atoms with Crippen LogP contribution in [0.4, 0.5) is 32.6 Å². The van der Waals surface area contributed by atoms with Crippen molar-refractivity contribution in [2.45, 2.75) is 6.92 Å². The summed E-state index contributed by atoms with van der Waals surface area (Å²) in [5.74, 6) is 0. The lowest BCUT2D eigenvalue weighted by molar-refractivity contribution is 0.527. The predicted molar refractivity (Wildman–Crippen MR) is 26.7 cm³/mol. The molecule has 0 heterocycles. The van der Waals surface area contributed by atoms with Crippen LogP contribution in [0.3, 0.4) is 0 Å². The monoisotopic (exact) mass is 168 g/mol. The summed E-state index contributed by atoms with van der Waals surface area (Å²) in [7, 11) is 0. The second kappa shape index (κ2) is 1220. The van der Waals surface area contributed by atoms with Crippen LogP contribution in [0.5, 0.6) is 0 Å². The van der Waals surface area contributed by atoms with Crippen LogP contribution in [0.2, 0.25) is 0 Å². The van der Waals surface area contributed by atoms with Crippen molar-refractivity contribution in [1.82, 2.24) is 0 Å². The van der Waals surface area contributed by atoms with Gasteiger partial charge in [0.05, 0.1) is 6.67 Å². The summed E-state index contributed by atoms with van der Waals surface area (Å²) in [5.41, 5.74) is 0. The van der Waals surface area contributed by atoms with Gasteiger partial charge >= 0.3 is 0 Å². The highest BCUT2D eigenvalue weighted by Crippen LogP contribution is 1.48. The molecule has 0 N–H and O–H groups in total. The minimum atomic E-state index is -0.250. The van der Waals surface area contributed by atoms with Gasteiger partial charge in [-0.2, -0.15) is 0 Å². The smallest absolute Gasteiger partial charge is 0.0866 e. The molecular weight excluding hydrogens is 157 g/mol. The van der Waals surface area contributed by atoms with Crippen molar-refractivity contribution in [3.05, 3.63) is 0 Å². The highest BCUT2D eigenvalue weighted by molar-refractivity contribution is 3.86. The second-order valence-corrected chi connectivity index (χ2v) is 0.267. The molecule has 0 saturated carbocycles. The minimum Gasteiger partial charge on any atom is -0.269 e. The molecule has 0 aromatic heterocycles. The third kappa shape index (κ3) is 950. The molecule has 0 aliphatic rings. The van der Waals surface area contributed by atoms with Gasteiger partial charge in [0.15, 0.2) is 0 Å². The van der Waals surface area contributed by atoms with Crippen LogP contribution < -0.4 is 0 Å². The van der Waals surface area contributed by atoms with Gasteiger partial charge in [0.25, 0.3) is 0 Å². The van der Waals surface area contributed by atoms with Gasteiger partial charge in [0.1, 0.15) is 0 Å². The average Bonchev–Trinajstić information content (AvgIpc) is 0.918. The number of halogens is 7. The largest absolute Gasteiger partial charge is 0.269 e. The Bertz CT molecular complexity index is 6.88. The number of alkyl halides is 1. The molecule has 0 bridgehead atoms. The zero-order valence-corrected chi connectivity index (χ0v) is 4.53. The van der Waals surface area contributed by atoms with Crippen LogP contribution in [-0.2, 0) is 0 Å². The standard InChI is InChI=1S/C2H5F.6FH/c1-2-3;;;;;;/h2H2,1H3;6*1H. The molecule has 0 aromatic carbocycles. The first-order chi connectivity index (χ1) is 1.41. The molecule has 0 amide bonds. The summed E-state index contributed by atoms with van der Waals surface area (Å²) < 4.78 is 10.3. The van der Waals surface area contributed by atoms with Gasteiger partial charge in [0.2, 0.25) is 0 Å². The van der Waals surface area contributed by atoms with E-state index >= 15 is 0 Å². The fraction of sp³-hybridized carbons (Fsp3) is 1.00. The summed E-state index contributed by atoms with van der Waals surface area (Å²) >= 11 is 0. The van der Waals surface area contributed by atoms with Crippen LogP contribution >= 0.6 is 0 Å². The maximum Gasteiger partial charge on any atom is 0.0866 e. The van der Waals surface area contributed by atoms with E-state index in [0.717, 1.165) is 0 Å². The summed E-state index contributed by atoms with van der Waals surface area (Å²) in [6.07, 6.45) is 0. The van der Waals surface area contributed by atoms with Crippen LogP contribution in [0.25, 0.3) is 0 Å². The zero-order chi connectivity index (χ0) is 2.71. The molecule has 0 aromatic rings. The van der Waals surface area contributed by atoms with E-state index in [-0.39, 0.29) is 34.9 Å². The first-order valence-electron chi connectivity index (χ1n) is 0.974. The Labute approximate surface area is 47.6 Å². The molecule has 0 nitrogen and oxygen atoms in total. The molecule has 0 rings (SSSR count). The van der Waals surface area contributed by atoms with E-state index < -0.39 is 0 Å². The lowest BCUT2D eigenvalue weighted by Gasteiger charge is -1.45. The fourth-order valence-corrected chi connectivity index (χ4v) is 0. The quantitative estimate of drug-likeness (QED) is 0.484. The van der Waals surface area contributed by atoms with Gasteiger partial charge in [0, 0.05) is 0 Å². The lowest BCUT2D eigenvalue weighted by atomic mass is 10.9. The van der Waals surface area contributed by atoms with Crippen molar-refractivity contribution < 1.29 is 32.6 Å². The molecule has 68 valence electrons. The molecule has 0 atom stereocenters. The molecule has 0 fully saturated rings. The molecule has 0 unspecified atom stereocenters. The first kappa shape index (κ1) is 211. The third-order valence-electron chi connectivity index (χ3n) is 0. The summed E-state index contributed by atoms with van der Waals surface area (Å²) in [4.78, 5) is 0. The number of rotatable bonds is 0. The summed E-state index contributed by atoms with van der Waals surface area (Å²) in [5, 5.41) is 0. The Kier molecular flexibility index (Phi) is 28600. The molecular formula is C2H11F7. The van der Waals surface area contributed by atoms with Gasteiger partial charge in [-0.3, -0.25) is 32.6 Å². The van der Waals surface area contributed by atoms with Crippen molar-refractivity contribution in [3.8, 4) is 0 Å². The molecule has 0 saturated heterocycles. The van der Waals surface area contributed by atoms with Gasteiger partial charge in [-0.1, -0.05) is 0 Å². The second-order valence-electron chi connectivity index (χ2n) is 0.267. The van der Waals surface area contributed by atoms with Crippen molar-refractivity contribution in [3.63, 3.8) is 0 Å². The van der Waals surface area contributed by atoms with Crippen LogP contribution in [0.15, 0.2) is 0 Å². The maximum atomic E-state index is 10.3. The van der Waals surface area contributed by atoms with E-state index in [1.165, 1.54) is 6.92 Å². The van der Waals surface area contributed by atoms with Crippen molar-refractivity contribution >= 4 is 0 Å². The highest BCUT2D eigenvalue weighted by Gasteiger charge is 1.39. The first-order valence-corrected chi connectivity index (χ1v) is 0.974. The molecule has 9 heavy (non-hydrogen) atoms. The van der Waals surface area contributed by atoms with E-state index in [9.17, 15) is 4.39 Å². The summed E-state index contributed by atoms with van der Waals surface area (Å²) in [6.45, 7) is 1.21. The molecule has 0 aliphatic heterocycles. The molecule has 0 radical (unpaired) electrons. The fourth-order valence-electron chi connectivity index (χ4n) is 0. The Balaban J connectivity index is -0.00000000133. The van der Waals surface area contributed by atoms with Gasteiger partial charge < -0.3 is 0 Å². The van der Waals surface area contributed by atoms with E-state index in [1.807, 2.05) is 0 Å². The van der Waals surface area contributed by atoms with E-state index in [4.69, 9.17) is 0 Å². The molecule has 7 heteroatoms. The van der Waals surface area contributed by atoms with Crippen LogP contribution in [0, 0.1) is 0 Å². The van der Waals surface area contributed by atoms with Crippen LogP contribution in [-0.4, -0.2) is 6.67 Å². The van der Waals surface area contributed by atoms with Crippen molar-refractivity contribution in [2.24, 2.45) is 0 Å². The van der Waals surface area contributed by atoms with Gasteiger partial charge in [-0.15, -0.1) is 0 Å². The maximum absolute atomic E-state index is 10.3. The van der Waals surface area contributed by atoms with Crippen LogP contribution in [0.1, 0.15) is 6.92 Å². The number of hydrogen-bond acceptors (Lipinski definition) is 0. The topological polar surface area (TPSA) is 0 Å². The van der Waals surface area contributed by atoms with Gasteiger partial charge in [-0.05, 0) is 6.92 Å². The zero-order valence-electron chi connectivity index (χ0n) is 4.53. The molecule has 0 spiro atoms. The van der Waals surface area contributed by atoms with E-state index in [2.05, 4.69) is 0 Å². The molecule has 0 aliphatic carbocycles. The SMILES string of the molecule is CCF.F.F.F.F.F.F. The predicted octanol–water partition coefficient (Wildman–Crippen LogP) is 1.89. The normalized spacial score (nSPS) is 2.00. The lowest BCUT2D eigenvalue weighted by Crippen LogP contribution is -1.40. The van der Waals surface area contributed by atoms with Crippen molar-refractivity contribution in [1.29, 1.82) is 0 Å². The third-order valence-corrected chi connectivity index (χ3v) is 0. The Morgan fingerprint density at radius 1 is 0.778 bits per heavy atom. The number of hydrogen-bond donors (Lipinski definition) is 0. The van der Waals surface area contributed by atoms with E-state index in [0.29, 0.717) is 0 Å². The minimum absolute atomic E-state index is 0. The Morgan fingerprint density at radius 3 is 0.778 bits per heavy atom. The highest BCUT2D eigenvalue weighted by atomic mass is 19.1. The Morgan fingerprint density at radius 2 is 0.778 bits per heavy atom. The summed E-state index contributed by atoms with van der Waals surface area (Å²) in [6, 6.07) is 0. The average molecular weight is 168 g/mol. The van der Waals surface area contributed by atoms with Gasteiger partial charge in [-0.25, -0.2) is 0 Å². The Hall–Kier alpha value is -0.490.